The van der Waals surface area contributed by atoms with E-state index in [1.165, 1.54) is 6.07 Å². The zero-order chi connectivity index (χ0) is 19.2. The highest BCUT2D eigenvalue weighted by Crippen LogP contribution is 2.33. The topological polar surface area (TPSA) is 30.0 Å². The summed E-state index contributed by atoms with van der Waals surface area (Å²) >= 11 is 0. The van der Waals surface area contributed by atoms with Crippen LogP contribution in [0.3, 0.4) is 0 Å². The molecule has 0 radical (unpaired) electrons. The van der Waals surface area contributed by atoms with Crippen molar-refractivity contribution >= 4 is 11.9 Å². The summed E-state index contributed by atoms with van der Waals surface area (Å²) in [6, 6.07) is 1.18. The fourth-order valence-electron chi connectivity index (χ4n) is 2.94. The molecule has 1 unspecified atom stereocenters. The SMILES string of the molecule is CCCC/C(=C/c1ncc(C(F)(F)F)cc1C(C)C)C(CC)C(C)=O. The Labute approximate surface area is 148 Å². The Kier molecular flexibility index (Phi) is 7.84. The Bertz CT molecular complexity index is 618. The van der Waals surface area contributed by atoms with Crippen molar-refractivity contribution in [3.63, 3.8) is 0 Å². The first-order valence-corrected chi connectivity index (χ1v) is 8.89. The van der Waals surface area contributed by atoms with Crippen molar-refractivity contribution in [3.8, 4) is 0 Å². The van der Waals surface area contributed by atoms with Crippen molar-refractivity contribution in [1.29, 1.82) is 0 Å². The van der Waals surface area contributed by atoms with E-state index in [2.05, 4.69) is 11.9 Å². The van der Waals surface area contributed by atoms with Crippen molar-refractivity contribution in [2.24, 2.45) is 5.92 Å². The van der Waals surface area contributed by atoms with Crippen molar-refractivity contribution < 1.29 is 18.0 Å². The Morgan fingerprint density at radius 2 is 1.92 bits per heavy atom. The predicted molar refractivity (Wildman–Crippen MR) is 95.3 cm³/mol. The van der Waals surface area contributed by atoms with Crippen molar-refractivity contribution in [2.75, 3.05) is 0 Å². The average Bonchev–Trinajstić information content (AvgIpc) is 2.51. The van der Waals surface area contributed by atoms with Gasteiger partial charge in [0.1, 0.15) is 5.78 Å². The lowest BCUT2D eigenvalue weighted by atomic mass is 9.87. The number of ketones is 1. The van der Waals surface area contributed by atoms with Crippen LogP contribution in [-0.2, 0) is 11.0 Å². The number of unbranched alkanes of at least 4 members (excludes halogenated alkanes) is 1. The highest BCUT2D eigenvalue weighted by molar-refractivity contribution is 5.82. The largest absolute Gasteiger partial charge is 0.417 e. The molecule has 1 rings (SSSR count). The van der Waals surface area contributed by atoms with E-state index < -0.39 is 11.7 Å². The molecule has 1 aromatic rings. The molecule has 1 heterocycles. The molecular weight excluding hydrogens is 327 g/mol. The second-order valence-corrected chi connectivity index (χ2v) is 6.75. The van der Waals surface area contributed by atoms with Crippen LogP contribution in [0, 0.1) is 5.92 Å². The normalized spacial score (nSPS) is 14.0. The van der Waals surface area contributed by atoms with Gasteiger partial charge in [-0.25, -0.2) is 0 Å². The molecule has 0 aromatic carbocycles. The maximum atomic E-state index is 13.0. The van der Waals surface area contributed by atoms with Crippen LogP contribution in [0.4, 0.5) is 13.2 Å². The second kappa shape index (κ2) is 9.16. The molecule has 0 bridgehead atoms. The summed E-state index contributed by atoms with van der Waals surface area (Å²) in [5.41, 5.74) is 1.32. The Morgan fingerprint density at radius 1 is 1.28 bits per heavy atom. The fourth-order valence-corrected chi connectivity index (χ4v) is 2.94. The molecule has 0 aliphatic carbocycles. The number of hydrogen-bond acceptors (Lipinski definition) is 2. The average molecular weight is 355 g/mol. The first-order chi connectivity index (χ1) is 11.6. The fraction of sp³-hybridized carbons (Fsp3) is 0.600. The molecule has 0 fully saturated rings. The third-order valence-corrected chi connectivity index (χ3v) is 4.39. The Hall–Kier alpha value is -1.65. The van der Waals surface area contributed by atoms with Crippen molar-refractivity contribution in [1.82, 2.24) is 4.98 Å². The van der Waals surface area contributed by atoms with Gasteiger partial charge in [-0.1, -0.05) is 39.7 Å². The number of hydrogen-bond donors (Lipinski definition) is 0. The molecule has 0 aliphatic heterocycles. The number of aromatic nitrogens is 1. The number of allylic oxidation sites excluding steroid dienone is 1. The van der Waals surface area contributed by atoms with Crippen LogP contribution in [0.5, 0.6) is 0 Å². The monoisotopic (exact) mass is 355 g/mol. The van der Waals surface area contributed by atoms with Gasteiger partial charge in [-0.2, -0.15) is 13.2 Å². The summed E-state index contributed by atoms with van der Waals surface area (Å²) in [5, 5.41) is 0. The molecule has 1 atom stereocenters. The molecule has 140 valence electrons. The zero-order valence-corrected chi connectivity index (χ0v) is 15.7. The number of rotatable bonds is 8. The van der Waals surface area contributed by atoms with Gasteiger partial charge in [-0.05, 0) is 49.8 Å². The first-order valence-electron chi connectivity index (χ1n) is 8.89. The maximum Gasteiger partial charge on any atom is 0.417 e. The summed E-state index contributed by atoms with van der Waals surface area (Å²) in [7, 11) is 0. The first kappa shape index (κ1) is 21.4. The van der Waals surface area contributed by atoms with Gasteiger partial charge in [-0.3, -0.25) is 9.78 Å². The van der Waals surface area contributed by atoms with Gasteiger partial charge in [0.05, 0.1) is 11.3 Å². The predicted octanol–water partition coefficient (Wildman–Crippen LogP) is 6.41. The summed E-state index contributed by atoms with van der Waals surface area (Å²) < 4.78 is 38.9. The number of alkyl halides is 3. The van der Waals surface area contributed by atoms with Crippen LogP contribution in [0.1, 0.15) is 83.0 Å². The van der Waals surface area contributed by atoms with E-state index in [1.807, 2.05) is 26.8 Å². The number of nitrogens with zero attached hydrogens (tertiary/aromatic N) is 1. The molecule has 0 N–H and O–H groups in total. The number of Topliss-reactive ketones (excluding diaryl/α,β-unsaturated/α-hetero) is 1. The summed E-state index contributed by atoms with van der Waals surface area (Å²) in [5.74, 6) is -0.204. The highest BCUT2D eigenvalue weighted by Gasteiger charge is 2.32. The quantitative estimate of drug-likeness (QED) is 0.539. The van der Waals surface area contributed by atoms with Gasteiger partial charge < -0.3 is 0 Å². The van der Waals surface area contributed by atoms with E-state index >= 15 is 0 Å². The molecular formula is C20H28F3NO. The van der Waals surface area contributed by atoms with Gasteiger partial charge >= 0.3 is 6.18 Å². The lowest BCUT2D eigenvalue weighted by Crippen LogP contribution is -2.14. The molecule has 1 aromatic heterocycles. The van der Waals surface area contributed by atoms with Crippen LogP contribution < -0.4 is 0 Å². The smallest absolute Gasteiger partial charge is 0.299 e. The molecule has 25 heavy (non-hydrogen) atoms. The van der Waals surface area contributed by atoms with Crippen molar-refractivity contribution in [2.45, 2.75) is 72.4 Å². The number of carbonyl (C=O) groups is 1. The van der Waals surface area contributed by atoms with Gasteiger partial charge in [0.25, 0.3) is 0 Å². The molecule has 0 saturated heterocycles. The van der Waals surface area contributed by atoms with E-state index in [0.29, 0.717) is 17.7 Å². The van der Waals surface area contributed by atoms with E-state index in [4.69, 9.17) is 0 Å². The molecule has 5 heteroatoms. The number of pyridine rings is 1. The van der Waals surface area contributed by atoms with Crippen molar-refractivity contribution in [3.05, 3.63) is 34.7 Å². The Morgan fingerprint density at radius 3 is 2.36 bits per heavy atom. The minimum atomic E-state index is -4.41. The van der Waals surface area contributed by atoms with Crippen LogP contribution in [0.2, 0.25) is 0 Å². The van der Waals surface area contributed by atoms with E-state index in [1.54, 1.807) is 6.92 Å². The van der Waals surface area contributed by atoms with Crippen LogP contribution >= 0.6 is 0 Å². The molecule has 0 saturated carbocycles. The molecule has 2 nitrogen and oxygen atoms in total. The van der Waals surface area contributed by atoms with Crippen LogP contribution in [0.15, 0.2) is 17.8 Å². The molecule has 0 aliphatic rings. The molecule has 0 amide bonds. The van der Waals surface area contributed by atoms with E-state index in [9.17, 15) is 18.0 Å². The van der Waals surface area contributed by atoms with Crippen LogP contribution in [-0.4, -0.2) is 10.8 Å². The van der Waals surface area contributed by atoms with Gasteiger partial charge in [-0.15, -0.1) is 0 Å². The highest BCUT2D eigenvalue weighted by atomic mass is 19.4. The van der Waals surface area contributed by atoms with E-state index in [-0.39, 0.29) is 17.6 Å². The summed E-state index contributed by atoms with van der Waals surface area (Å²) in [4.78, 5) is 16.0. The minimum absolute atomic E-state index is 0.0860. The lowest BCUT2D eigenvalue weighted by Gasteiger charge is -2.18. The summed E-state index contributed by atoms with van der Waals surface area (Å²) in [6.45, 7) is 9.29. The third kappa shape index (κ3) is 5.98. The van der Waals surface area contributed by atoms with Gasteiger partial charge in [0.2, 0.25) is 0 Å². The Balaban J connectivity index is 3.42. The minimum Gasteiger partial charge on any atom is -0.299 e. The van der Waals surface area contributed by atoms with Crippen LogP contribution in [0.25, 0.3) is 6.08 Å². The van der Waals surface area contributed by atoms with Gasteiger partial charge in [0.15, 0.2) is 0 Å². The second-order valence-electron chi connectivity index (χ2n) is 6.75. The summed E-state index contributed by atoms with van der Waals surface area (Å²) in [6.07, 6.45) is 1.67. The zero-order valence-electron chi connectivity index (χ0n) is 15.7. The number of halogens is 3. The van der Waals surface area contributed by atoms with E-state index in [0.717, 1.165) is 31.0 Å². The van der Waals surface area contributed by atoms with Gasteiger partial charge in [0, 0.05) is 12.1 Å². The maximum absolute atomic E-state index is 13.0. The lowest BCUT2D eigenvalue weighted by molar-refractivity contribution is -0.137. The third-order valence-electron chi connectivity index (χ3n) is 4.39. The standard InChI is InChI=1S/C20H28F3NO/c1-6-8-9-15(17(7-2)14(5)25)10-19-18(13(3)4)11-16(12-24-19)20(21,22)23/h10-13,17H,6-9H2,1-5H3/b15-10-. The number of carbonyl (C=O) groups excluding carboxylic acids is 1. The molecule has 0 spiro atoms.